The van der Waals surface area contributed by atoms with Gasteiger partial charge in [-0.1, -0.05) is 6.07 Å². The summed E-state index contributed by atoms with van der Waals surface area (Å²) in [6.07, 6.45) is 2.55. The van der Waals surface area contributed by atoms with Gasteiger partial charge in [-0.25, -0.2) is 0 Å². The molecule has 1 fully saturated rings. The average molecular weight is 221 g/mol. The maximum absolute atomic E-state index is 9.63. The number of phenols is 1. The predicted molar refractivity (Wildman–Crippen MR) is 64.9 cm³/mol. The second kappa shape index (κ2) is 4.74. The maximum atomic E-state index is 9.63. The molecule has 0 saturated heterocycles. The molecule has 3 heteroatoms. The van der Waals surface area contributed by atoms with E-state index in [1.807, 2.05) is 19.1 Å². The van der Waals surface area contributed by atoms with E-state index >= 15 is 0 Å². The number of ether oxygens (including phenoxy) is 1. The number of benzene rings is 1. The first-order chi connectivity index (χ1) is 7.70. The van der Waals surface area contributed by atoms with E-state index in [-0.39, 0.29) is 0 Å². The fourth-order valence-electron chi connectivity index (χ4n) is 1.89. The zero-order valence-corrected chi connectivity index (χ0v) is 9.86. The Morgan fingerprint density at radius 3 is 2.81 bits per heavy atom. The van der Waals surface area contributed by atoms with Crippen molar-refractivity contribution in [3.63, 3.8) is 0 Å². The van der Waals surface area contributed by atoms with Crippen molar-refractivity contribution in [3.05, 3.63) is 23.8 Å². The summed E-state index contributed by atoms with van der Waals surface area (Å²) >= 11 is 0. The lowest BCUT2D eigenvalue weighted by atomic mass is 10.1. The van der Waals surface area contributed by atoms with Gasteiger partial charge in [-0.15, -0.1) is 0 Å². The Kier molecular flexibility index (Phi) is 3.34. The maximum Gasteiger partial charge on any atom is 0.120 e. The third-order valence-electron chi connectivity index (χ3n) is 3.10. The molecule has 88 valence electrons. The van der Waals surface area contributed by atoms with Crippen LogP contribution >= 0.6 is 0 Å². The number of phenolic OH excluding ortho intramolecular Hbond substituents is 1. The van der Waals surface area contributed by atoms with E-state index in [1.165, 1.54) is 12.8 Å². The third kappa shape index (κ3) is 2.67. The summed E-state index contributed by atoms with van der Waals surface area (Å²) in [5, 5.41) is 13.1. The van der Waals surface area contributed by atoms with Gasteiger partial charge in [0, 0.05) is 18.9 Å². The number of aryl methyl sites for hydroxylation is 1. The number of rotatable bonds is 5. The molecule has 0 amide bonds. The topological polar surface area (TPSA) is 41.5 Å². The molecule has 0 spiro atoms. The molecule has 0 radical (unpaired) electrons. The molecule has 1 unspecified atom stereocenters. The second-order valence-corrected chi connectivity index (χ2v) is 4.54. The summed E-state index contributed by atoms with van der Waals surface area (Å²) in [4.78, 5) is 0. The molecule has 1 saturated carbocycles. The van der Waals surface area contributed by atoms with E-state index in [9.17, 15) is 5.11 Å². The zero-order valence-electron chi connectivity index (χ0n) is 9.86. The Hall–Kier alpha value is -1.22. The minimum absolute atomic E-state index is 0.344. The van der Waals surface area contributed by atoms with Crippen molar-refractivity contribution in [1.29, 1.82) is 0 Å². The van der Waals surface area contributed by atoms with E-state index in [2.05, 4.69) is 5.32 Å². The molecular weight excluding hydrogens is 202 g/mol. The Bertz CT molecular complexity index is 361. The lowest BCUT2D eigenvalue weighted by Crippen LogP contribution is -2.27. The van der Waals surface area contributed by atoms with Crippen LogP contribution < -0.4 is 5.32 Å². The quantitative estimate of drug-likeness (QED) is 0.802. The van der Waals surface area contributed by atoms with Gasteiger partial charge in [0.2, 0.25) is 0 Å². The van der Waals surface area contributed by atoms with Gasteiger partial charge in [-0.2, -0.15) is 0 Å². The molecule has 0 aromatic heterocycles. The first-order valence-corrected chi connectivity index (χ1v) is 5.76. The van der Waals surface area contributed by atoms with Crippen LogP contribution in [0.3, 0.4) is 0 Å². The fraction of sp³-hybridized carbons (Fsp3) is 0.538. The standard InChI is InChI=1S/C13H19NO2/c1-9-3-6-11(7-13(9)15)14-12(8-16-2)10-4-5-10/h3,6-7,10,12,14-15H,4-5,8H2,1-2H3. The number of aromatic hydroxyl groups is 1. The highest BCUT2D eigenvalue weighted by Gasteiger charge is 2.31. The average Bonchev–Trinajstić information content (AvgIpc) is 3.06. The Morgan fingerprint density at radius 1 is 1.50 bits per heavy atom. The number of hydrogen-bond donors (Lipinski definition) is 2. The van der Waals surface area contributed by atoms with Crippen molar-refractivity contribution in [3.8, 4) is 5.75 Å². The summed E-state index contributed by atoms with van der Waals surface area (Å²) in [7, 11) is 1.73. The smallest absolute Gasteiger partial charge is 0.120 e. The molecule has 3 nitrogen and oxygen atoms in total. The van der Waals surface area contributed by atoms with E-state index in [4.69, 9.17) is 4.74 Å². The van der Waals surface area contributed by atoms with Gasteiger partial charge in [-0.3, -0.25) is 0 Å². The lowest BCUT2D eigenvalue weighted by molar-refractivity contribution is 0.179. The van der Waals surface area contributed by atoms with Crippen molar-refractivity contribution in [2.24, 2.45) is 5.92 Å². The largest absolute Gasteiger partial charge is 0.508 e. The van der Waals surface area contributed by atoms with Gasteiger partial charge in [0.15, 0.2) is 0 Å². The lowest BCUT2D eigenvalue weighted by Gasteiger charge is -2.19. The molecule has 2 rings (SSSR count). The molecule has 0 heterocycles. The van der Waals surface area contributed by atoms with Gasteiger partial charge >= 0.3 is 0 Å². The summed E-state index contributed by atoms with van der Waals surface area (Å²) < 4.78 is 5.21. The van der Waals surface area contributed by atoms with Crippen molar-refractivity contribution in [2.45, 2.75) is 25.8 Å². The van der Waals surface area contributed by atoms with Crippen LogP contribution in [0.4, 0.5) is 5.69 Å². The second-order valence-electron chi connectivity index (χ2n) is 4.54. The SMILES string of the molecule is COCC(Nc1ccc(C)c(O)c1)C1CC1. The third-order valence-corrected chi connectivity index (χ3v) is 3.10. The molecule has 1 aromatic rings. The Labute approximate surface area is 96.4 Å². The Morgan fingerprint density at radius 2 is 2.25 bits per heavy atom. The first kappa shape index (κ1) is 11.3. The normalized spacial score (nSPS) is 17.1. The van der Waals surface area contributed by atoms with Crippen LogP contribution in [0.1, 0.15) is 18.4 Å². The van der Waals surface area contributed by atoms with Crippen LogP contribution in [-0.2, 0) is 4.74 Å². The van der Waals surface area contributed by atoms with Crippen LogP contribution in [0.25, 0.3) is 0 Å². The molecule has 1 aliphatic carbocycles. The highest BCUT2D eigenvalue weighted by molar-refractivity contribution is 5.51. The highest BCUT2D eigenvalue weighted by Crippen LogP contribution is 2.34. The van der Waals surface area contributed by atoms with Crippen LogP contribution in [0, 0.1) is 12.8 Å². The summed E-state index contributed by atoms with van der Waals surface area (Å²) in [6.45, 7) is 2.62. The van der Waals surface area contributed by atoms with Crippen molar-refractivity contribution >= 4 is 5.69 Å². The van der Waals surface area contributed by atoms with Crippen molar-refractivity contribution in [2.75, 3.05) is 19.0 Å². The summed E-state index contributed by atoms with van der Waals surface area (Å²) in [5.41, 5.74) is 1.87. The Balaban J connectivity index is 2.03. The minimum atomic E-state index is 0.344. The highest BCUT2D eigenvalue weighted by atomic mass is 16.5. The first-order valence-electron chi connectivity index (χ1n) is 5.76. The minimum Gasteiger partial charge on any atom is -0.508 e. The molecule has 0 bridgehead atoms. The molecule has 0 aliphatic heterocycles. The van der Waals surface area contributed by atoms with Gasteiger partial charge in [-0.05, 0) is 37.3 Å². The van der Waals surface area contributed by atoms with Crippen molar-refractivity contribution < 1.29 is 9.84 Å². The zero-order chi connectivity index (χ0) is 11.5. The van der Waals surface area contributed by atoms with Crippen LogP contribution in [0.5, 0.6) is 5.75 Å². The predicted octanol–water partition coefficient (Wildman–Crippen LogP) is 2.54. The molecule has 2 N–H and O–H groups in total. The number of hydrogen-bond acceptors (Lipinski definition) is 3. The fourth-order valence-corrected chi connectivity index (χ4v) is 1.89. The van der Waals surface area contributed by atoms with Gasteiger partial charge < -0.3 is 15.2 Å². The van der Waals surface area contributed by atoms with Crippen molar-refractivity contribution in [1.82, 2.24) is 0 Å². The van der Waals surface area contributed by atoms with Crippen LogP contribution in [0.15, 0.2) is 18.2 Å². The molecule has 1 aromatic carbocycles. The molecule has 1 aliphatic rings. The van der Waals surface area contributed by atoms with Crippen LogP contribution in [-0.4, -0.2) is 24.9 Å². The molecule has 1 atom stereocenters. The summed E-state index contributed by atoms with van der Waals surface area (Å²) in [5.74, 6) is 1.07. The van der Waals surface area contributed by atoms with E-state index in [0.29, 0.717) is 11.8 Å². The number of anilines is 1. The van der Waals surface area contributed by atoms with Gasteiger partial charge in [0.25, 0.3) is 0 Å². The van der Waals surface area contributed by atoms with Gasteiger partial charge in [0.05, 0.1) is 12.6 Å². The molecule has 16 heavy (non-hydrogen) atoms. The van der Waals surface area contributed by atoms with E-state index in [1.54, 1.807) is 13.2 Å². The van der Waals surface area contributed by atoms with Gasteiger partial charge in [0.1, 0.15) is 5.75 Å². The number of methoxy groups -OCH3 is 1. The summed E-state index contributed by atoms with van der Waals surface area (Å²) in [6, 6.07) is 6.07. The van der Waals surface area contributed by atoms with E-state index < -0.39 is 0 Å². The monoisotopic (exact) mass is 221 g/mol. The van der Waals surface area contributed by atoms with E-state index in [0.717, 1.165) is 23.8 Å². The molecular formula is C13H19NO2. The van der Waals surface area contributed by atoms with Crippen LogP contribution in [0.2, 0.25) is 0 Å². The number of nitrogens with one attached hydrogen (secondary N) is 1.